The Labute approximate surface area is 285 Å². The van der Waals surface area contributed by atoms with Crippen LogP contribution in [0.3, 0.4) is 0 Å². The number of allylic oxidation sites excluding steroid dienone is 2. The molecule has 2 aliphatic rings. The standard InChI is InChI=1S/C40H48O7Si/c1-39(2,3)48(30-15-8-6-9-16-30,31-17-10-7-11-18-31)47-35-21-20-34(42)37(38(44)45-5)32(35)26-29(41)14-12-13-24-40(4)33(19-22-36(40)43)28-23-25-46-27-28/h6-12,14-18,23,25,27,32-33,35,37H,13,19-22,24,26H2,1-5H3/b14-12+/t32-,33-,35+,37?,40-/m1/s1. The van der Waals surface area contributed by atoms with Crippen molar-refractivity contribution in [2.24, 2.45) is 17.3 Å². The highest BCUT2D eigenvalue weighted by Crippen LogP contribution is 2.50. The van der Waals surface area contributed by atoms with E-state index in [2.05, 4.69) is 45.0 Å². The van der Waals surface area contributed by atoms with Crippen LogP contribution >= 0.6 is 0 Å². The molecule has 2 aliphatic carbocycles. The summed E-state index contributed by atoms with van der Waals surface area (Å²) in [5.74, 6) is -2.49. The average molecular weight is 669 g/mol. The molecular formula is C40H48O7Si. The van der Waals surface area contributed by atoms with Crippen LogP contribution < -0.4 is 10.4 Å². The van der Waals surface area contributed by atoms with Crippen LogP contribution in [0.15, 0.2) is 95.8 Å². The molecule has 2 aromatic carbocycles. The summed E-state index contributed by atoms with van der Waals surface area (Å²) in [5.41, 5.74) is 0.503. The van der Waals surface area contributed by atoms with Crippen molar-refractivity contribution in [3.05, 3.63) is 97.0 Å². The average Bonchev–Trinajstić information content (AvgIpc) is 3.70. The van der Waals surface area contributed by atoms with Crippen LogP contribution in [0.5, 0.6) is 0 Å². The summed E-state index contributed by atoms with van der Waals surface area (Å²) in [6.45, 7) is 8.55. The number of esters is 1. The monoisotopic (exact) mass is 668 g/mol. The maximum atomic E-state index is 13.6. The minimum Gasteiger partial charge on any atom is -0.472 e. The molecule has 5 rings (SSSR count). The Morgan fingerprint density at radius 1 is 0.958 bits per heavy atom. The van der Waals surface area contributed by atoms with E-state index in [0.717, 1.165) is 22.4 Å². The Morgan fingerprint density at radius 2 is 1.60 bits per heavy atom. The molecule has 0 aliphatic heterocycles. The zero-order valence-electron chi connectivity index (χ0n) is 28.8. The zero-order valence-corrected chi connectivity index (χ0v) is 29.8. The third kappa shape index (κ3) is 6.96. The first kappa shape index (κ1) is 35.4. The lowest BCUT2D eigenvalue weighted by Gasteiger charge is -2.48. The quantitative estimate of drug-likeness (QED) is 0.0912. The number of rotatable bonds is 12. The molecule has 48 heavy (non-hydrogen) atoms. The number of benzene rings is 2. The molecule has 2 fully saturated rings. The molecule has 1 unspecified atom stereocenters. The largest absolute Gasteiger partial charge is 0.472 e. The van der Waals surface area contributed by atoms with Gasteiger partial charge in [0.25, 0.3) is 8.32 Å². The zero-order chi connectivity index (χ0) is 34.5. The van der Waals surface area contributed by atoms with E-state index in [9.17, 15) is 19.2 Å². The highest BCUT2D eigenvalue weighted by molar-refractivity contribution is 6.99. The summed E-state index contributed by atoms with van der Waals surface area (Å²) >= 11 is 0. The number of methoxy groups -OCH3 is 1. The van der Waals surface area contributed by atoms with Crippen LogP contribution in [0.25, 0.3) is 0 Å². The number of hydrogen-bond donors (Lipinski definition) is 0. The molecule has 2 saturated carbocycles. The molecule has 0 saturated heterocycles. The van der Waals surface area contributed by atoms with Gasteiger partial charge in [-0.15, -0.1) is 0 Å². The van der Waals surface area contributed by atoms with Gasteiger partial charge in [-0.05, 0) is 64.7 Å². The fraction of sp³-hybridized carbons (Fsp3) is 0.450. The van der Waals surface area contributed by atoms with Crippen molar-refractivity contribution >= 4 is 42.0 Å². The van der Waals surface area contributed by atoms with Crippen LogP contribution in [0.4, 0.5) is 0 Å². The smallest absolute Gasteiger partial charge is 0.316 e. The van der Waals surface area contributed by atoms with E-state index >= 15 is 0 Å². The maximum absolute atomic E-state index is 13.6. The Morgan fingerprint density at radius 3 is 2.17 bits per heavy atom. The maximum Gasteiger partial charge on any atom is 0.316 e. The summed E-state index contributed by atoms with van der Waals surface area (Å²) in [5, 5.41) is 1.85. The third-order valence-electron chi connectivity index (χ3n) is 10.7. The summed E-state index contributed by atoms with van der Waals surface area (Å²) < 4.78 is 17.9. The van der Waals surface area contributed by atoms with Gasteiger partial charge < -0.3 is 13.6 Å². The second kappa shape index (κ2) is 14.7. The van der Waals surface area contributed by atoms with Crippen LogP contribution in [0, 0.1) is 17.3 Å². The molecule has 7 nitrogen and oxygen atoms in total. The van der Waals surface area contributed by atoms with Crippen molar-refractivity contribution in [3.8, 4) is 0 Å². The van der Waals surface area contributed by atoms with Crippen LogP contribution in [-0.2, 0) is 28.3 Å². The van der Waals surface area contributed by atoms with E-state index in [1.54, 1.807) is 18.6 Å². The molecule has 0 bridgehead atoms. The predicted octanol–water partition coefficient (Wildman–Crippen LogP) is 6.74. The van der Waals surface area contributed by atoms with Gasteiger partial charge in [-0.3, -0.25) is 19.2 Å². The number of ketones is 3. The molecule has 0 amide bonds. The number of furan rings is 1. The SMILES string of the molecule is COC(=O)C1C(=O)CC[C@H](O[Si](c2ccccc2)(c2ccccc2)C(C)(C)C)[C@H]1CC(=O)/C=C/CC[C@@]1(C)C(=O)CC[C@@H]1c1ccoc1. The van der Waals surface area contributed by atoms with Crippen molar-refractivity contribution in [1.29, 1.82) is 0 Å². The summed E-state index contributed by atoms with van der Waals surface area (Å²) in [4.78, 5) is 53.1. The van der Waals surface area contributed by atoms with Crippen molar-refractivity contribution in [3.63, 3.8) is 0 Å². The number of carbonyl (C=O) groups is 4. The first-order valence-corrected chi connectivity index (χ1v) is 19.0. The normalized spacial score (nSPS) is 25.0. The van der Waals surface area contributed by atoms with E-state index in [0.29, 0.717) is 25.7 Å². The van der Waals surface area contributed by atoms with Crippen molar-refractivity contribution in [2.45, 2.75) is 89.7 Å². The van der Waals surface area contributed by atoms with Crippen LogP contribution in [-0.4, -0.2) is 44.9 Å². The van der Waals surface area contributed by atoms with E-state index in [-0.39, 0.29) is 41.1 Å². The fourth-order valence-corrected chi connectivity index (χ4v) is 12.9. The first-order chi connectivity index (χ1) is 22.9. The van der Waals surface area contributed by atoms with Crippen molar-refractivity contribution < 1.29 is 32.8 Å². The van der Waals surface area contributed by atoms with E-state index in [4.69, 9.17) is 13.6 Å². The van der Waals surface area contributed by atoms with Crippen molar-refractivity contribution in [1.82, 2.24) is 0 Å². The highest BCUT2D eigenvalue weighted by atomic mass is 28.4. The molecule has 1 aromatic heterocycles. The minimum atomic E-state index is -3.05. The number of Topliss-reactive ketones (excluding diaryl/α,β-unsaturated/α-hetero) is 2. The van der Waals surface area contributed by atoms with Gasteiger partial charge in [-0.2, -0.15) is 0 Å². The van der Waals surface area contributed by atoms with E-state index in [1.165, 1.54) is 7.11 Å². The molecule has 5 atom stereocenters. The number of ether oxygens (including phenoxy) is 1. The lowest BCUT2D eigenvalue weighted by atomic mass is 9.73. The molecule has 8 heteroatoms. The lowest BCUT2D eigenvalue weighted by molar-refractivity contribution is -0.156. The Hall–Kier alpha value is -3.88. The van der Waals surface area contributed by atoms with E-state index < -0.39 is 37.6 Å². The molecular weight excluding hydrogens is 621 g/mol. The molecule has 254 valence electrons. The third-order valence-corrected chi connectivity index (χ3v) is 15.8. The van der Waals surface area contributed by atoms with Gasteiger partial charge in [0.05, 0.1) is 25.7 Å². The second-order valence-corrected chi connectivity index (χ2v) is 18.8. The summed E-state index contributed by atoms with van der Waals surface area (Å²) in [6.07, 6.45) is 9.23. The molecule has 0 N–H and O–H groups in total. The van der Waals surface area contributed by atoms with Gasteiger partial charge in [0, 0.05) is 30.6 Å². The first-order valence-electron chi connectivity index (χ1n) is 17.1. The molecule has 0 radical (unpaired) electrons. The van der Waals surface area contributed by atoms with Gasteiger partial charge in [-0.25, -0.2) is 0 Å². The van der Waals surface area contributed by atoms with Gasteiger partial charge in [0.15, 0.2) is 5.78 Å². The summed E-state index contributed by atoms with van der Waals surface area (Å²) in [6, 6.07) is 22.4. The Bertz CT molecular complexity index is 1560. The topological polar surface area (TPSA) is 99.9 Å². The summed E-state index contributed by atoms with van der Waals surface area (Å²) in [7, 11) is -1.77. The minimum absolute atomic E-state index is 0.0290. The van der Waals surface area contributed by atoms with Crippen LogP contribution in [0.2, 0.25) is 5.04 Å². The second-order valence-electron chi connectivity index (χ2n) is 14.6. The van der Waals surface area contributed by atoms with Gasteiger partial charge >= 0.3 is 5.97 Å². The molecule has 1 heterocycles. The number of carbonyl (C=O) groups excluding carboxylic acids is 4. The highest BCUT2D eigenvalue weighted by Gasteiger charge is 2.55. The Balaban J connectivity index is 1.42. The molecule has 3 aromatic rings. The van der Waals surface area contributed by atoms with Gasteiger partial charge in [0.2, 0.25) is 0 Å². The Kier molecular flexibility index (Phi) is 10.9. The lowest BCUT2D eigenvalue weighted by Crippen LogP contribution is -2.68. The molecule has 0 spiro atoms. The van der Waals surface area contributed by atoms with E-state index in [1.807, 2.05) is 55.5 Å². The van der Waals surface area contributed by atoms with Gasteiger partial charge in [-0.1, -0.05) is 94.4 Å². The predicted molar refractivity (Wildman–Crippen MR) is 188 cm³/mol. The fourth-order valence-electron chi connectivity index (χ4n) is 8.15. The van der Waals surface area contributed by atoms with Crippen LogP contribution in [0.1, 0.15) is 84.1 Å². The van der Waals surface area contributed by atoms with Gasteiger partial charge in [0.1, 0.15) is 17.5 Å². The number of hydrogen-bond acceptors (Lipinski definition) is 7. The van der Waals surface area contributed by atoms with Crippen molar-refractivity contribution in [2.75, 3.05) is 7.11 Å².